The van der Waals surface area contributed by atoms with E-state index < -0.39 is 6.36 Å². The predicted molar refractivity (Wildman–Crippen MR) is 91.5 cm³/mol. The van der Waals surface area contributed by atoms with Gasteiger partial charge in [0, 0.05) is 12.1 Å². The maximum atomic E-state index is 12.1. The van der Waals surface area contributed by atoms with Crippen molar-refractivity contribution in [3.05, 3.63) is 46.4 Å². The highest BCUT2D eigenvalue weighted by molar-refractivity contribution is 6.37. The smallest absolute Gasteiger partial charge is 0.508 e. The summed E-state index contributed by atoms with van der Waals surface area (Å²) in [6.45, 7) is 0.700. The Morgan fingerprint density at radius 1 is 0.846 bits per heavy atom. The van der Waals surface area contributed by atoms with Gasteiger partial charge in [0.15, 0.2) is 5.75 Å². The van der Waals surface area contributed by atoms with Crippen LogP contribution in [0.15, 0.2) is 36.4 Å². The Morgan fingerprint density at radius 2 is 1.35 bits per heavy atom. The number of hydrogen-bond donors (Lipinski definition) is 1. The molecule has 0 fully saturated rings. The van der Waals surface area contributed by atoms with Crippen LogP contribution >= 0.6 is 23.2 Å². The number of halogens is 5. The van der Waals surface area contributed by atoms with Gasteiger partial charge in [-0.3, -0.25) is 0 Å². The molecule has 0 heterocycles. The minimum absolute atomic E-state index is 0.0487. The van der Waals surface area contributed by atoms with Gasteiger partial charge >= 0.3 is 6.36 Å². The Labute approximate surface area is 158 Å². The third-order valence-electron chi connectivity index (χ3n) is 3.09. The van der Waals surface area contributed by atoms with E-state index in [-0.39, 0.29) is 21.5 Å². The second-order valence-electron chi connectivity index (χ2n) is 5.16. The lowest BCUT2D eigenvalue weighted by Gasteiger charge is -2.11. The van der Waals surface area contributed by atoms with Crippen molar-refractivity contribution in [1.29, 1.82) is 0 Å². The number of rotatable bonds is 8. The molecule has 0 spiro atoms. The highest BCUT2D eigenvalue weighted by atomic mass is 35.5. The number of phenols is 1. The van der Waals surface area contributed by atoms with Gasteiger partial charge in [0.1, 0.15) is 17.2 Å². The summed E-state index contributed by atoms with van der Waals surface area (Å²) in [7, 11) is 0. The highest BCUT2D eigenvalue weighted by Gasteiger charge is 2.30. The maximum absolute atomic E-state index is 12.1. The largest absolute Gasteiger partial charge is 0.573 e. The molecule has 2 rings (SSSR count). The van der Waals surface area contributed by atoms with E-state index in [1.165, 1.54) is 36.4 Å². The second kappa shape index (κ2) is 9.09. The van der Waals surface area contributed by atoms with Gasteiger partial charge in [0.25, 0.3) is 0 Å². The second-order valence-corrected chi connectivity index (χ2v) is 5.98. The van der Waals surface area contributed by atoms with Crippen molar-refractivity contribution in [3.63, 3.8) is 0 Å². The van der Waals surface area contributed by atoms with Crippen LogP contribution in [0.1, 0.15) is 12.8 Å². The molecule has 0 amide bonds. The zero-order valence-electron chi connectivity index (χ0n) is 13.4. The average molecular weight is 411 g/mol. The fraction of sp³-hybridized carbons (Fsp3) is 0.294. The number of alkyl halides is 3. The molecule has 0 aromatic heterocycles. The van der Waals surface area contributed by atoms with E-state index in [0.717, 1.165) is 0 Å². The summed E-state index contributed by atoms with van der Waals surface area (Å²) in [4.78, 5) is 0. The van der Waals surface area contributed by atoms with Crippen molar-refractivity contribution in [3.8, 4) is 23.0 Å². The van der Waals surface area contributed by atoms with Crippen LogP contribution in [0.5, 0.6) is 23.0 Å². The van der Waals surface area contributed by atoms with E-state index in [0.29, 0.717) is 37.6 Å². The summed E-state index contributed by atoms with van der Waals surface area (Å²) in [6, 6.07) is 7.82. The third-order valence-corrected chi connectivity index (χ3v) is 3.66. The summed E-state index contributed by atoms with van der Waals surface area (Å²) in [5.41, 5.74) is 0. The molecule has 0 aliphatic carbocycles. The molecule has 0 bridgehead atoms. The van der Waals surface area contributed by atoms with Gasteiger partial charge in [-0.05, 0) is 37.1 Å². The first-order valence-electron chi connectivity index (χ1n) is 7.54. The van der Waals surface area contributed by atoms with Gasteiger partial charge < -0.3 is 19.3 Å². The van der Waals surface area contributed by atoms with Gasteiger partial charge in [-0.15, -0.1) is 13.2 Å². The minimum atomic E-state index is -4.72. The van der Waals surface area contributed by atoms with Crippen molar-refractivity contribution in [2.24, 2.45) is 0 Å². The highest BCUT2D eigenvalue weighted by Crippen LogP contribution is 2.36. The van der Waals surface area contributed by atoms with E-state index in [1.54, 1.807) is 0 Å². The van der Waals surface area contributed by atoms with Gasteiger partial charge in [-0.2, -0.15) is 0 Å². The lowest BCUT2D eigenvalue weighted by atomic mass is 10.3. The summed E-state index contributed by atoms with van der Waals surface area (Å²) in [5.74, 6) is 0.380. The third kappa shape index (κ3) is 6.72. The molecule has 142 valence electrons. The summed E-state index contributed by atoms with van der Waals surface area (Å²) in [5, 5.41) is 9.77. The standard InChI is InChI=1S/C17H15Cl2F3O4/c18-14-9-11(23)10-15(19)16(14)25-8-2-1-7-24-12-3-5-13(6-4-12)26-17(20,21)22/h3-6,9-10,23H,1-2,7-8H2. The van der Waals surface area contributed by atoms with Crippen LogP contribution in [-0.4, -0.2) is 24.7 Å². The van der Waals surface area contributed by atoms with Crippen molar-refractivity contribution < 1.29 is 32.5 Å². The van der Waals surface area contributed by atoms with Gasteiger partial charge in [-0.25, -0.2) is 0 Å². The maximum Gasteiger partial charge on any atom is 0.573 e. The number of ether oxygens (including phenoxy) is 3. The Morgan fingerprint density at radius 3 is 1.88 bits per heavy atom. The molecule has 2 aromatic carbocycles. The number of phenolic OH excluding ortho intramolecular Hbond substituents is 1. The molecule has 0 atom stereocenters. The number of benzene rings is 2. The molecule has 26 heavy (non-hydrogen) atoms. The van der Waals surface area contributed by atoms with Crippen molar-refractivity contribution in [2.75, 3.05) is 13.2 Å². The lowest BCUT2D eigenvalue weighted by Crippen LogP contribution is -2.16. The molecule has 0 aliphatic heterocycles. The molecule has 0 radical (unpaired) electrons. The first kappa shape index (κ1) is 20.3. The first-order chi connectivity index (χ1) is 12.2. The molecule has 0 unspecified atom stereocenters. The number of hydrogen-bond acceptors (Lipinski definition) is 4. The first-order valence-corrected chi connectivity index (χ1v) is 8.29. The van der Waals surface area contributed by atoms with Gasteiger partial charge in [0.2, 0.25) is 0 Å². The topological polar surface area (TPSA) is 47.9 Å². The van der Waals surface area contributed by atoms with Crippen molar-refractivity contribution in [1.82, 2.24) is 0 Å². The predicted octanol–water partition coefficient (Wildman–Crippen LogP) is 5.84. The molecular formula is C17H15Cl2F3O4. The summed E-state index contributed by atoms with van der Waals surface area (Å²) in [6.07, 6.45) is -3.43. The van der Waals surface area contributed by atoms with E-state index in [4.69, 9.17) is 32.7 Å². The van der Waals surface area contributed by atoms with E-state index in [1.807, 2.05) is 0 Å². The fourth-order valence-corrected chi connectivity index (χ4v) is 2.57. The van der Waals surface area contributed by atoms with Crippen LogP contribution in [0.4, 0.5) is 13.2 Å². The molecular weight excluding hydrogens is 396 g/mol. The van der Waals surface area contributed by atoms with Crippen LogP contribution in [0, 0.1) is 0 Å². The number of aromatic hydroxyl groups is 1. The molecule has 0 aliphatic rings. The van der Waals surface area contributed by atoms with Crippen LogP contribution in [0.25, 0.3) is 0 Å². The van der Waals surface area contributed by atoms with Crippen LogP contribution < -0.4 is 14.2 Å². The Bertz CT molecular complexity index is 698. The lowest BCUT2D eigenvalue weighted by molar-refractivity contribution is -0.274. The molecule has 9 heteroatoms. The molecule has 2 aromatic rings. The molecule has 0 saturated heterocycles. The summed E-state index contributed by atoms with van der Waals surface area (Å²) >= 11 is 11.9. The Kier molecular flexibility index (Phi) is 7.11. The quantitative estimate of drug-likeness (QED) is 0.555. The van der Waals surface area contributed by atoms with Crippen LogP contribution in [0.2, 0.25) is 10.0 Å². The normalized spacial score (nSPS) is 11.3. The van der Waals surface area contributed by atoms with Gasteiger partial charge in [-0.1, -0.05) is 23.2 Å². The molecule has 4 nitrogen and oxygen atoms in total. The van der Waals surface area contributed by atoms with Gasteiger partial charge in [0.05, 0.1) is 23.3 Å². The Balaban J connectivity index is 1.68. The zero-order chi connectivity index (χ0) is 19.2. The van der Waals surface area contributed by atoms with Crippen molar-refractivity contribution >= 4 is 23.2 Å². The van der Waals surface area contributed by atoms with E-state index >= 15 is 0 Å². The van der Waals surface area contributed by atoms with Crippen LogP contribution in [0.3, 0.4) is 0 Å². The Hall–Kier alpha value is -1.99. The minimum Gasteiger partial charge on any atom is -0.508 e. The molecule has 1 N–H and O–H groups in total. The average Bonchev–Trinajstić information content (AvgIpc) is 2.52. The SMILES string of the molecule is Oc1cc(Cl)c(OCCCCOc2ccc(OC(F)(F)F)cc2)c(Cl)c1. The fourth-order valence-electron chi connectivity index (χ4n) is 1.99. The monoisotopic (exact) mass is 410 g/mol. The van der Waals surface area contributed by atoms with E-state index in [2.05, 4.69) is 4.74 Å². The molecule has 0 saturated carbocycles. The van der Waals surface area contributed by atoms with Crippen LogP contribution in [-0.2, 0) is 0 Å². The zero-order valence-corrected chi connectivity index (χ0v) is 14.9. The summed E-state index contributed by atoms with van der Waals surface area (Å²) < 4.78 is 50.9. The number of unbranched alkanes of at least 4 members (excludes halogenated alkanes) is 1. The van der Waals surface area contributed by atoms with Crippen molar-refractivity contribution in [2.45, 2.75) is 19.2 Å². The van der Waals surface area contributed by atoms with E-state index in [9.17, 15) is 18.3 Å².